The zero-order valence-corrected chi connectivity index (χ0v) is 12.0. The lowest BCUT2D eigenvalue weighted by molar-refractivity contribution is 0.705. The van der Waals surface area contributed by atoms with E-state index in [2.05, 4.69) is 42.5 Å². The fraction of sp³-hybridized carbons (Fsp3) is 0.438. The number of benzene rings is 1. The number of nitrogens with one attached hydrogen (secondary N) is 1. The van der Waals surface area contributed by atoms with E-state index in [1.807, 2.05) is 11.7 Å². The Morgan fingerprint density at radius 2 is 2.11 bits per heavy atom. The largest absolute Gasteiger partial charge is 0.384 e. The van der Waals surface area contributed by atoms with Crippen molar-refractivity contribution in [3.05, 3.63) is 35.2 Å². The number of aryl methyl sites for hydroxylation is 2. The van der Waals surface area contributed by atoms with E-state index >= 15 is 0 Å². The van der Waals surface area contributed by atoms with E-state index < -0.39 is 0 Å². The first-order valence-corrected chi connectivity index (χ1v) is 7.16. The van der Waals surface area contributed by atoms with Gasteiger partial charge in [0.25, 0.3) is 0 Å². The fourth-order valence-electron chi connectivity index (χ4n) is 3.05. The van der Waals surface area contributed by atoms with Crippen LogP contribution >= 0.6 is 0 Å². The maximum absolute atomic E-state index is 4.67. The molecule has 19 heavy (non-hydrogen) atoms. The Morgan fingerprint density at radius 1 is 1.26 bits per heavy atom. The van der Waals surface area contributed by atoms with Crippen LogP contribution in [0.2, 0.25) is 0 Å². The standard InChI is InChI=1S/C16H21N3/c1-4-13-16(15(5-2)19(3)18-13)12-7-6-11-8-9-17-14(11)10-12/h6-7,10,17H,4-5,8-9H2,1-3H3. The molecule has 100 valence electrons. The molecule has 1 aromatic carbocycles. The molecular weight excluding hydrogens is 234 g/mol. The Labute approximate surface area is 114 Å². The molecule has 0 bridgehead atoms. The topological polar surface area (TPSA) is 29.9 Å². The van der Waals surface area contributed by atoms with Crippen LogP contribution in [-0.4, -0.2) is 16.3 Å². The maximum atomic E-state index is 4.67. The molecule has 3 rings (SSSR count). The molecule has 2 heterocycles. The van der Waals surface area contributed by atoms with Crippen LogP contribution in [0.4, 0.5) is 5.69 Å². The van der Waals surface area contributed by atoms with Crippen molar-refractivity contribution in [3.63, 3.8) is 0 Å². The van der Waals surface area contributed by atoms with Crippen molar-refractivity contribution in [2.75, 3.05) is 11.9 Å². The van der Waals surface area contributed by atoms with E-state index in [9.17, 15) is 0 Å². The lowest BCUT2D eigenvalue weighted by atomic mass is 9.98. The lowest BCUT2D eigenvalue weighted by Crippen LogP contribution is -1.97. The van der Waals surface area contributed by atoms with Crippen molar-refractivity contribution in [2.24, 2.45) is 7.05 Å². The monoisotopic (exact) mass is 255 g/mol. The molecule has 1 aromatic heterocycles. The zero-order chi connectivity index (χ0) is 13.4. The molecule has 0 saturated heterocycles. The number of fused-ring (bicyclic) bond motifs is 1. The summed E-state index contributed by atoms with van der Waals surface area (Å²) >= 11 is 0. The molecule has 3 heteroatoms. The Bertz CT molecular complexity index is 611. The molecule has 0 amide bonds. The summed E-state index contributed by atoms with van der Waals surface area (Å²) in [5, 5.41) is 8.13. The van der Waals surface area contributed by atoms with Gasteiger partial charge in [-0.05, 0) is 36.5 Å². The second-order valence-corrected chi connectivity index (χ2v) is 5.15. The molecule has 1 N–H and O–H groups in total. The quantitative estimate of drug-likeness (QED) is 0.913. The van der Waals surface area contributed by atoms with Crippen LogP contribution in [0.5, 0.6) is 0 Å². The lowest BCUT2D eigenvalue weighted by Gasteiger charge is -2.08. The minimum Gasteiger partial charge on any atom is -0.384 e. The third-order valence-electron chi connectivity index (χ3n) is 4.02. The zero-order valence-electron chi connectivity index (χ0n) is 12.0. The van der Waals surface area contributed by atoms with Crippen LogP contribution in [0.15, 0.2) is 18.2 Å². The van der Waals surface area contributed by atoms with Gasteiger partial charge in [-0.15, -0.1) is 0 Å². The Kier molecular flexibility index (Phi) is 3.05. The van der Waals surface area contributed by atoms with Gasteiger partial charge in [0.05, 0.1) is 5.69 Å². The summed E-state index contributed by atoms with van der Waals surface area (Å²) in [6, 6.07) is 6.80. The van der Waals surface area contributed by atoms with Gasteiger partial charge in [-0.25, -0.2) is 0 Å². The van der Waals surface area contributed by atoms with Gasteiger partial charge in [0, 0.05) is 30.5 Å². The molecule has 0 radical (unpaired) electrons. The van der Waals surface area contributed by atoms with Gasteiger partial charge >= 0.3 is 0 Å². The van der Waals surface area contributed by atoms with Crippen LogP contribution in [0, 0.1) is 0 Å². The second kappa shape index (κ2) is 4.72. The van der Waals surface area contributed by atoms with Gasteiger partial charge in [0.2, 0.25) is 0 Å². The van der Waals surface area contributed by atoms with Crippen molar-refractivity contribution < 1.29 is 0 Å². The second-order valence-electron chi connectivity index (χ2n) is 5.15. The fourth-order valence-corrected chi connectivity index (χ4v) is 3.05. The highest BCUT2D eigenvalue weighted by molar-refractivity contribution is 5.74. The number of aromatic nitrogens is 2. The predicted octanol–water partition coefficient (Wildman–Crippen LogP) is 3.18. The van der Waals surface area contributed by atoms with Crippen molar-refractivity contribution in [1.29, 1.82) is 0 Å². The highest BCUT2D eigenvalue weighted by Crippen LogP contribution is 2.33. The third-order valence-corrected chi connectivity index (χ3v) is 4.02. The van der Waals surface area contributed by atoms with Gasteiger partial charge in [-0.3, -0.25) is 4.68 Å². The minimum absolute atomic E-state index is 0.980. The molecule has 0 unspecified atom stereocenters. The summed E-state index contributed by atoms with van der Waals surface area (Å²) < 4.78 is 2.04. The predicted molar refractivity (Wildman–Crippen MR) is 79.6 cm³/mol. The van der Waals surface area contributed by atoms with E-state index in [0.29, 0.717) is 0 Å². The molecule has 1 aliphatic rings. The molecule has 3 nitrogen and oxygen atoms in total. The molecule has 1 aliphatic heterocycles. The van der Waals surface area contributed by atoms with Gasteiger partial charge in [0.15, 0.2) is 0 Å². The first-order chi connectivity index (χ1) is 9.24. The first kappa shape index (κ1) is 12.3. The summed E-state index contributed by atoms with van der Waals surface area (Å²) in [7, 11) is 2.05. The summed E-state index contributed by atoms with van der Waals surface area (Å²) in [5.41, 5.74) is 7.90. The minimum atomic E-state index is 0.980. The average Bonchev–Trinajstić information content (AvgIpc) is 3.00. The Morgan fingerprint density at radius 3 is 2.84 bits per heavy atom. The average molecular weight is 255 g/mol. The van der Waals surface area contributed by atoms with Gasteiger partial charge in [-0.2, -0.15) is 5.10 Å². The molecule has 0 fully saturated rings. The first-order valence-electron chi connectivity index (χ1n) is 7.16. The number of rotatable bonds is 3. The summed E-state index contributed by atoms with van der Waals surface area (Å²) in [6.45, 7) is 5.44. The summed E-state index contributed by atoms with van der Waals surface area (Å²) in [6.07, 6.45) is 3.14. The smallest absolute Gasteiger partial charge is 0.0703 e. The van der Waals surface area contributed by atoms with Gasteiger partial charge in [0.1, 0.15) is 0 Å². The Balaban J connectivity index is 2.15. The number of hydrogen-bond acceptors (Lipinski definition) is 2. The molecule has 0 atom stereocenters. The van der Waals surface area contributed by atoms with Crippen molar-refractivity contribution in [1.82, 2.24) is 9.78 Å². The molecule has 0 spiro atoms. The molecule has 0 saturated carbocycles. The SMILES string of the molecule is CCc1nn(C)c(CC)c1-c1ccc2c(c1)NCC2. The van der Waals surface area contributed by atoms with Crippen LogP contribution in [0.3, 0.4) is 0 Å². The highest BCUT2D eigenvalue weighted by Gasteiger charge is 2.17. The van der Waals surface area contributed by atoms with Gasteiger partial charge < -0.3 is 5.32 Å². The van der Waals surface area contributed by atoms with Crippen LogP contribution in [0.25, 0.3) is 11.1 Å². The van der Waals surface area contributed by atoms with Crippen LogP contribution < -0.4 is 5.32 Å². The number of hydrogen-bond donors (Lipinski definition) is 1. The van der Waals surface area contributed by atoms with E-state index in [1.54, 1.807) is 0 Å². The van der Waals surface area contributed by atoms with Crippen LogP contribution in [-0.2, 0) is 26.3 Å². The van der Waals surface area contributed by atoms with Gasteiger partial charge in [-0.1, -0.05) is 26.0 Å². The van der Waals surface area contributed by atoms with Crippen molar-refractivity contribution in [3.8, 4) is 11.1 Å². The van der Waals surface area contributed by atoms with E-state index in [4.69, 9.17) is 0 Å². The summed E-state index contributed by atoms with van der Waals surface area (Å²) in [4.78, 5) is 0. The third kappa shape index (κ3) is 1.93. The normalized spacial score (nSPS) is 13.4. The molecular formula is C16H21N3. The van der Waals surface area contributed by atoms with E-state index in [-0.39, 0.29) is 0 Å². The van der Waals surface area contributed by atoms with Crippen molar-refractivity contribution >= 4 is 5.69 Å². The number of nitrogens with zero attached hydrogens (tertiary/aromatic N) is 2. The van der Waals surface area contributed by atoms with Crippen LogP contribution in [0.1, 0.15) is 30.8 Å². The van der Waals surface area contributed by atoms with E-state index in [0.717, 1.165) is 25.8 Å². The highest BCUT2D eigenvalue weighted by atomic mass is 15.3. The maximum Gasteiger partial charge on any atom is 0.0703 e. The Hall–Kier alpha value is -1.77. The summed E-state index contributed by atoms with van der Waals surface area (Å²) in [5.74, 6) is 0. The van der Waals surface area contributed by atoms with E-state index in [1.165, 1.54) is 33.8 Å². The number of anilines is 1. The van der Waals surface area contributed by atoms with Crippen molar-refractivity contribution in [2.45, 2.75) is 33.1 Å². The molecule has 0 aliphatic carbocycles. The molecule has 2 aromatic rings.